The maximum atomic E-state index is 14.7. The van der Waals surface area contributed by atoms with Gasteiger partial charge in [0.05, 0.1) is 17.6 Å². The number of allylic oxidation sites excluding steroid dienone is 4. The number of benzene rings is 1. The van der Waals surface area contributed by atoms with Crippen molar-refractivity contribution in [3.8, 4) is 0 Å². The zero-order valence-electron chi connectivity index (χ0n) is 20.6. The summed E-state index contributed by atoms with van der Waals surface area (Å²) in [6.45, 7) is 6.12. The first-order valence-corrected chi connectivity index (χ1v) is 12.9. The lowest BCUT2D eigenvalue weighted by molar-refractivity contribution is -0.127. The Bertz CT molecular complexity index is 1160. The highest BCUT2D eigenvalue weighted by molar-refractivity contribution is 6.29. The molecule has 0 aromatic heterocycles. The lowest BCUT2D eigenvalue weighted by Crippen LogP contribution is -2.55. The number of amides is 2. The smallest absolute Gasteiger partial charge is 0.237 e. The van der Waals surface area contributed by atoms with Crippen molar-refractivity contribution in [2.75, 3.05) is 5.32 Å². The molecule has 5 rings (SSSR count). The summed E-state index contributed by atoms with van der Waals surface area (Å²) in [7, 11) is 0. The van der Waals surface area contributed by atoms with E-state index in [-0.39, 0.29) is 34.9 Å². The maximum Gasteiger partial charge on any atom is 0.237 e. The molecule has 1 saturated heterocycles. The Balaban J connectivity index is 1.66. The molecule has 2 aliphatic heterocycles. The quantitative estimate of drug-likeness (QED) is 0.486. The number of halogens is 3. The third-order valence-corrected chi connectivity index (χ3v) is 8.31. The first-order valence-electron chi connectivity index (χ1n) is 12.5. The molecule has 194 valence electrons. The Kier molecular flexibility index (Phi) is 6.29. The van der Waals surface area contributed by atoms with Gasteiger partial charge in [0.25, 0.3) is 0 Å². The number of aliphatic hydroxyl groups is 1. The van der Waals surface area contributed by atoms with Gasteiger partial charge in [-0.1, -0.05) is 44.5 Å². The number of anilines is 1. The van der Waals surface area contributed by atoms with E-state index in [4.69, 9.17) is 11.6 Å². The van der Waals surface area contributed by atoms with Crippen LogP contribution in [0.2, 0.25) is 0 Å². The van der Waals surface area contributed by atoms with E-state index in [2.05, 4.69) is 16.0 Å². The van der Waals surface area contributed by atoms with Crippen molar-refractivity contribution in [3.05, 3.63) is 52.6 Å². The van der Waals surface area contributed by atoms with Crippen molar-refractivity contribution >= 4 is 29.1 Å². The molecule has 1 saturated carbocycles. The van der Waals surface area contributed by atoms with Gasteiger partial charge in [0.1, 0.15) is 0 Å². The Labute approximate surface area is 214 Å². The molecule has 1 spiro atoms. The van der Waals surface area contributed by atoms with Gasteiger partial charge in [0.15, 0.2) is 11.6 Å². The van der Waals surface area contributed by atoms with Crippen LogP contribution in [0.5, 0.6) is 0 Å². The molecule has 2 heterocycles. The molecule has 5 unspecified atom stereocenters. The van der Waals surface area contributed by atoms with Crippen molar-refractivity contribution < 1.29 is 23.5 Å². The summed E-state index contributed by atoms with van der Waals surface area (Å²) in [5, 5.41) is 19.6. The lowest BCUT2D eigenvalue weighted by atomic mass is 9.60. The fourth-order valence-electron chi connectivity index (χ4n) is 6.53. The minimum absolute atomic E-state index is 0.144. The van der Waals surface area contributed by atoms with E-state index in [1.807, 2.05) is 32.9 Å². The van der Waals surface area contributed by atoms with Crippen LogP contribution in [0.25, 0.3) is 0 Å². The van der Waals surface area contributed by atoms with Gasteiger partial charge in [0, 0.05) is 34.8 Å². The zero-order valence-corrected chi connectivity index (χ0v) is 21.3. The fraction of sp³-hybridized carbons (Fsp3) is 0.556. The number of nitrogens with one attached hydrogen (secondary N) is 3. The number of aliphatic hydroxyl groups excluding tert-OH is 1. The van der Waals surface area contributed by atoms with Crippen LogP contribution in [-0.2, 0) is 15.0 Å². The van der Waals surface area contributed by atoms with Crippen LogP contribution in [0.15, 0.2) is 35.4 Å². The van der Waals surface area contributed by atoms with Crippen molar-refractivity contribution in [1.82, 2.24) is 10.6 Å². The predicted octanol–water partition coefficient (Wildman–Crippen LogP) is 3.89. The molecule has 4 aliphatic rings. The first kappa shape index (κ1) is 25.4. The molecule has 5 atom stereocenters. The van der Waals surface area contributed by atoms with Gasteiger partial charge < -0.3 is 21.1 Å². The van der Waals surface area contributed by atoms with Crippen molar-refractivity contribution in [1.29, 1.82) is 0 Å². The van der Waals surface area contributed by atoms with Crippen LogP contribution in [-0.4, -0.2) is 41.2 Å². The molecule has 4 N–H and O–H groups in total. The Morgan fingerprint density at radius 2 is 1.94 bits per heavy atom. The minimum atomic E-state index is -1.32. The topological polar surface area (TPSA) is 90.5 Å². The van der Waals surface area contributed by atoms with Gasteiger partial charge in [0.2, 0.25) is 11.8 Å². The molecule has 1 aromatic carbocycles. The van der Waals surface area contributed by atoms with Crippen molar-refractivity contribution in [2.45, 2.75) is 76.1 Å². The summed E-state index contributed by atoms with van der Waals surface area (Å²) in [6.07, 6.45) is 7.00. The molecule has 0 radical (unpaired) electrons. The van der Waals surface area contributed by atoms with E-state index in [0.29, 0.717) is 36.3 Å². The summed E-state index contributed by atoms with van der Waals surface area (Å²) in [5.74, 6) is -3.63. The number of hydrogen-bond acceptors (Lipinski definition) is 4. The number of carbonyl (C=O) groups excluding carboxylic acids is 2. The number of carbonyl (C=O) groups is 2. The summed E-state index contributed by atoms with van der Waals surface area (Å²) < 4.78 is 28.9. The van der Waals surface area contributed by atoms with Crippen LogP contribution < -0.4 is 16.0 Å². The predicted molar refractivity (Wildman–Crippen MR) is 133 cm³/mol. The zero-order chi connectivity index (χ0) is 26.0. The van der Waals surface area contributed by atoms with E-state index in [9.17, 15) is 23.5 Å². The Morgan fingerprint density at radius 1 is 1.25 bits per heavy atom. The van der Waals surface area contributed by atoms with Crippen molar-refractivity contribution in [2.24, 2.45) is 17.3 Å². The third-order valence-electron chi connectivity index (χ3n) is 8.03. The van der Waals surface area contributed by atoms with Gasteiger partial charge in [-0.15, -0.1) is 0 Å². The van der Waals surface area contributed by atoms with E-state index >= 15 is 0 Å². The monoisotopic (exact) mass is 519 g/mol. The van der Waals surface area contributed by atoms with E-state index in [1.165, 1.54) is 0 Å². The number of fused-ring (bicyclic) bond motifs is 2. The van der Waals surface area contributed by atoms with Crippen LogP contribution in [0.1, 0.15) is 52.0 Å². The Morgan fingerprint density at radius 3 is 2.58 bits per heavy atom. The van der Waals surface area contributed by atoms with Gasteiger partial charge in [-0.3, -0.25) is 9.59 Å². The second kappa shape index (κ2) is 8.92. The molecule has 1 aromatic rings. The van der Waals surface area contributed by atoms with Gasteiger partial charge >= 0.3 is 0 Å². The van der Waals surface area contributed by atoms with Gasteiger partial charge in [-0.2, -0.15) is 0 Å². The third kappa shape index (κ3) is 4.17. The number of rotatable bonds is 4. The largest absolute Gasteiger partial charge is 0.393 e. The summed E-state index contributed by atoms with van der Waals surface area (Å²) in [5.41, 5.74) is -0.956. The highest BCUT2D eigenvalue weighted by Crippen LogP contribution is 2.56. The highest BCUT2D eigenvalue weighted by atomic mass is 35.5. The molecular weight excluding hydrogens is 488 g/mol. The average molecular weight is 520 g/mol. The van der Waals surface area contributed by atoms with Crippen molar-refractivity contribution in [3.63, 3.8) is 0 Å². The van der Waals surface area contributed by atoms with Crippen LogP contribution in [0, 0.1) is 28.9 Å². The van der Waals surface area contributed by atoms with E-state index in [1.54, 1.807) is 6.08 Å². The highest BCUT2D eigenvalue weighted by Gasteiger charge is 2.67. The first-order chi connectivity index (χ1) is 16.9. The van der Waals surface area contributed by atoms with Gasteiger partial charge in [-0.05, 0) is 54.7 Å². The van der Waals surface area contributed by atoms with Crippen LogP contribution >= 0.6 is 11.6 Å². The molecule has 2 fully saturated rings. The Hall–Kier alpha value is -2.29. The van der Waals surface area contributed by atoms with Gasteiger partial charge in [-0.25, -0.2) is 8.78 Å². The van der Waals surface area contributed by atoms with E-state index in [0.717, 1.165) is 12.1 Å². The normalized spacial score (nSPS) is 35.3. The molecular formula is C27H32ClF2N3O3. The average Bonchev–Trinajstić information content (AvgIpc) is 3.22. The molecule has 6 nitrogen and oxygen atoms in total. The lowest BCUT2D eigenvalue weighted by Gasteiger charge is -2.40. The van der Waals surface area contributed by atoms with E-state index < -0.39 is 41.2 Å². The maximum absolute atomic E-state index is 14.7. The molecule has 2 aliphatic carbocycles. The molecule has 2 amide bonds. The fourth-order valence-corrected chi connectivity index (χ4v) is 6.78. The second-order valence-corrected chi connectivity index (χ2v) is 12.3. The number of hydrogen-bond donors (Lipinski definition) is 4. The molecule has 9 heteroatoms. The summed E-state index contributed by atoms with van der Waals surface area (Å²) in [6, 6.07) is 0.690. The minimum Gasteiger partial charge on any atom is -0.393 e. The SMILES string of the molecule is CC(C)(C)CC1NC(C(=O)NC2CC(O)C2)C(C2C=CC=C(Cl)C2)C12C(=O)Nc1cc(F)c(F)cc12. The standard InChI is InChI=1S/C27H32ClF2N3O3/c1-26(2,3)12-21-27(17-10-18(29)19(30)11-20(17)32-25(27)36)22(13-5-4-6-14(28)7-13)23(33-21)24(35)31-15-8-16(34)9-15/h4-6,10-11,13,15-16,21-23,33-34H,7-9,12H2,1-3H3,(H,31,35)(H,32,36). The van der Waals surface area contributed by atoms with Crippen LogP contribution in [0.4, 0.5) is 14.5 Å². The molecule has 0 bridgehead atoms. The molecule has 36 heavy (non-hydrogen) atoms. The summed E-state index contributed by atoms with van der Waals surface area (Å²) >= 11 is 6.42. The second-order valence-electron chi connectivity index (χ2n) is 11.8. The van der Waals surface area contributed by atoms with Crippen LogP contribution in [0.3, 0.4) is 0 Å². The summed E-state index contributed by atoms with van der Waals surface area (Å²) in [4.78, 5) is 27.7.